The van der Waals surface area contributed by atoms with Gasteiger partial charge in [-0.15, -0.1) is 0 Å². The molecule has 2 unspecified atom stereocenters. The Kier molecular flexibility index (Phi) is 16.8. The van der Waals surface area contributed by atoms with Crippen LogP contribution in [0.1, 0.15) is 105 Å². The third-order valence-corrected chi connectivity index (χ3v) is 5.31. The third-order valence-electron chi connectivity index (χ3n) is 5.31. The molecule has 0 fully saturated rings. The van der Waals surface area contributed by atoms with E-state index < -0.39 is 11.4 Å². The van der Waals surface area contributed by atoms with Crippen molar-refractivity contribution < 1.29 is 33.4 Å². The van der Waals surface area contributed by atoms with Gasteiger partial charge >= 0.3 is 17.9 Å². The van der Waals surface area contributed by atoms with E-state index in [1.54, 1.807) is 13.8 Å². The van der Waals surface area contributed by atoms with Crippen molar-refractivity contribution in [3.8, 4) is 11.8 Å². The average Bonchev–Trinajstić information content (AvgIpc) is 2.74. The van der Waals surface area contributed by atoms with E-state index in [1.807, 2.05) is 0 Å². The molecule has 0 aromatic heterocycles. The summed E-state index contributed by atoms with van der Waals surface area (Å²) in [6.07, 6.45) is 7.02. The van der Waals surface area contributed by atoms with Crippen LogP contribution in [0.5, 0.6) is 0 Å². The minimum atomic E-state index is -1.53. The van der Waals surface area contributed by atoms with Gasteiger partial charge in [0, 0.05) is 19.8 Å². The summed E-state index contributed by atoms with van der Waals surface area (Å²) in [4.78, 5) is 48.2. The number of esters is 3. The predicted octanol–water partition coefficient (Wildman–Crippen LogP) is 4.93. The standard InChI is InChI=1S/C26H42O7/c1-6-9-12-16-23(33-22(5)28)17-15-20-26(21(4)27,25(30)32-8-3)19-14-11-10-13-18-24(29)31-7-2/h23H,6-14,16-19H2,1-5H3. The van der Waals surface area contributed by atoms with Crippen LogP contribution >= 0.6 is 0 Å². The van der Waals surface area contributed by atoms with E-state index in [9.17, 15) is 19.2 Å². The van der Waals surface area contributed by atoms with Crippen molar-refractivity contribution in [3.63, 3.8) is 0 Å². The summed E-state index contributed by atoms with van der Waals surface area (Å²) in [6, 6.07) is 0. The maximum Gasteiger partial charge on any atom is 0.331 e. The number of Topliss-reactive ketones (excluding diaryl/α,β-unsaturated/α-hetero) is 1. The number of carbonyl (C=O) groups is 4. The van der Waals surface area contributed by atoms with Crippen LogP contribution in [0.15, 0.2) is 0 Å². The van der Waals surface area contributed by atoms with Crippen molar-refractivity contribution in [2.24, 2.45) is 5.41 Å². The number of hydrogen-bond acceptors (Lipinski definition) is 7. The molecule has 0 rings (SSSR count). The van der Waals surface area contributed by atoms with Crippen LogP contribution in [-0.2, 0) is 33.4 Å². The van der Waals surface area contributed by atoms with E-state index >= 15 is 0 Å². The van der Waals surface area contributed by atoms with Gasteiger partial charge in [0.1, 0.15) is 6.10 Å². The first kappa shape index (κ1) is 30.6. The highest BCUT2D eigenvalue weighted by atomic mass is 16.5. The van der Waals surface area contributed by atoms with Crippen molar-refractivity contribution in [2.75, 3.05) is 13.2 Å². The topological polar surface area (TPSA) is 96.0 Å². The highest BCUT2D eigenvalue weighted by Crippen LogP contribution is 2.28. The first-order valence-corrected chi connectivity index (χ1v) is 12.2. The lowest BCUT2D eigenvalue weighted by molar-refractivity contribution is -0.156. The number of rotatable bonds is 17. The minimum absolute atomic E-state index is 0.155. The first-order chi connectivity index (χ1) is 15.7. The van der Waals surface area contributed by atoms with E-state index in [0.29, 0.717) is 32.3 Å². The molecule has 33 heavy (non-hydrogen) atoms. The molecule has 0 aliphatic heterocycles. The van der Waals surface area contributed by atoms with Crippen LogP contribution in [0, 0.1) is 17.3 Å². The number of ketones is 1. The summed E-state index contributed by atoms with van der Waals surface area (Å²) in [7, 11) is 0. The Balaban J connectivity index is 5.21. The highest BCUT2D eigenvalue weighted by molar-refractivity contribution is 6.06. The van der Waals surface area contributed by atoms with E-state index in [-0.39, 0.29) is 43.3 Å². The summed E-state index contributed by atoms with van der Waals surface area (Å²) in [5, 5.41) is 0. The summed E-state index contributed by atoms with van der Waals surface area (Å²) in [5.41, 5.74) is -1.53. The SMILES string of the molecule is CCCCCC(CC#CC(CCCCCCC(=O)OCC)(C(C)=O)C(=O)OCC)OC(C)=O. The molecule has 0 aromatic rings. The second-order valence-electron chi connectivity index (χ2n) is 8.13. The maximum atomic E-state index is 12.8. The maximum absolute atomic E-state index is 12.8. The molecule has 0 heterocycles. The quantitative estimate of drug-likeness (QED) is 0.0985. The Bertz CT molecular complexity index is 674. The lowest BCUT2D eigenvalue weighted by atomic mass is 9.79. The van der Waals surface area contributed by atoms with Crippen LogP contribution in [0.3, 0.4) is 0 Å². The molecule has 188 valence electrons. The molecule has 0 N–H and O–H groups in total. The van der Waals surface area contributed by atoms with Gasteiger partial charge in [0.2, 0.25) is 0 Å². The summed E-state index contributed by atoms with van der Waals surface area (Å²) >= 11 is 0. The molecule has 0 aliphatic rings. The molecule has 0 saturated carbocycles. The normalized spacial score (nSPS) is 13.1. The molecular formula is C26H42O7. The number of carbonyl (C=O) groups excluding carboxylic acids is 4. The minimum Gasteiger partial charge on any atom is -0.466 e. The second-order valence-corrected chi connectivity index (χ2v) is 8.13. The number of ether oxygens (including phenoxy) is 3. The molecule has 7 heteroatoms. The van der Waals surface area contributed by atoms with Gasteiger partial charge in [-0.3, -0.25) is 14.4 Å². The third kappa shape index (κ3) is 13.1. The van der Waals surface area contributed by atoms with Crippen molar-refractivity contribution in [1.82, 2.24) is 0 Å². The summed E-state index contributed by atoms with van der Waals surface area (Å²) < 4.78 is 15.5. The zero-order chi connectivity index (χ0) is 25.1. The Labute approximate surface area is 199 Å². The van der Waals surface area contributed by atoms with Gasteiger partial charge in [0.25, 0.3) is 0 Å². The van der Waals surface area contributed by atoms with Crippen LogP contribution in [0.25, 0.3) is 0 Å². The zero-order valence-electron chi connectivity index (χ0n) is 21.1. The van der Waals surface area contributed by atoms with Crippen molar-refractivity contribution >= 4 is 23.7 Å². The van der Waals surface area contributed by atoms with Crippen LogP contribution in [0.2, 0.25) is 0 Å². The molecule has 7 nitrogen and oxygen atoms in total. The summed E-state index contributed by atoms with van der Waals surface area (Å²) in [5.74, 6) is 4.28. The molecule has 0 radical (unpaired) electrons. The molecule has 0 aromatic carbocycles. The van der Waals surface area contributed by atoms with Gasteiger partial charge in [-0.2, -0.15) is 0 Å². The fourth-order valence-corrected chi connectivity index (χ4v) is 3.50. The fourth-order valence-electron chi connectivity index (χ4n) is 3.50. The average molecular weight is 467 g/mol. The fraction of sp³-hybridized carbons (Fsp3) is 0.769. The molecule has 0 spiro atoms. The monoisotopic (exact) mass is 466 g/mol. The van der Waals surface area contributed by atoms with Gasteiger partial charge in [0.05, 0.1) is 13.2 Å². The Morgan fingerprint density at radius 3 is 2.09 bits per heavy atom. The van der Waals surface area contributed by atoms with E-state index in [0.717, 1.165) is 32.1 Å². The first-order valence-electron chi connectivity index (χ1n) is 12.2. The van der Waals surface area contributed by atoms with Gasteiger partial charge in [-0.1, -0.05) is 50.9 Å². The van der Waals surface area contributed by atoms with Gasteiger partial charge in [-0.05, 0) is 46.5 Å². The molecule has 0 amide bonds. The molecule has 0 aliphatic carbocycles. The Morgan fingerprint density at radius 2 is 1.52 bits per heavy atom. The second kappa shape index (κ2) is 18.1. The Hall–Kier alpha value is -2.36. The number of unbranched alkanes of at least 4 members (excludes halogenated alkanes) is 5. The predicted molar refractivity (Wildman–Crippen MR) is 126 cm³/mol. The highest BCUT2D eigenvalue weighted by Gasteiger charge is 2.42. The van der Waals surface area contributed by atoms with Gasteiger partial charge in [0.15, 0.2) is 11.2 Å². The largest absolute Gasteiger partial charge is 0.466 e. The zero-order valence-corrected chi connectivity index (χ0v) is 21.1. The summed E-state index contributed by atoms with van der Waals surface area (Å²) in [6.45, 7) is 8.80. The molecule has 2 atom stereocenters. The molecule has 0 saturated heterocycles. The van der Waals surface area contributed by atoms with Crippen molar-refractivity contribution in [3.05, 3.63) is 0 Å². The number of hydrogen-bond donors (Lipinski definition) is 0. The van der Waals surface area contributed by atoms with Crippen molar-refractivity contribution in [1.29, 1.82) is 0 Å². The molecular weight excluding hydrogens is 424 g/mol. The smallest absolute Gasteiger partial charge is 0.331 e. The van der Waals surface area contributed by atoms with E-state index in [4.69, 9.17) is 14.2 Å². The lowest BCUT2D eigenvalue weighted by Crippen LogP contribution is -2.38. The van der Waals surface area contributed by atoms with Gasteiger partial charge in [-0.25, -0.2) is 4.79 Å². The van der Waals surface area contributed by atoms with E-state index in [1.165, 1.54) is 13.8 Å². The lowest BCUT2D eigenvalue weighted by Gasteiger charge is -2.23. The van der Waals surface area contributed by atoms with Crippen LogP contribution < -0.4 is 0 Å². The van der Waals surface area contributed by atoms with Crippen LogP contribution in [-0.4, -0.2) is 43.0 Å². The Morgan fingerprint density at radius 1 is 0.848 bits per heavy atom. The molecule has 0 bridgehead atoms. The van der Waals surface area contributed by atoms with E-state index in [2.05, 4.69) is 18.8 Å². The van der Waals surface area contributed by atoms with Crippen LogP contribution in [0.4, 0.5) is 0 Å². The van der Waals surface area contributed by atoms with Crippen molar-refractivity contribution in [2.45, 2.75) is 111 Å². The van der Waals surface area contributed by atoms with Gasteiger partial charge < -0.3 is 14.2 Å².